The minimum atomic E-state index is -4.62. The first-order valence-electron chi connectivity index (χ1n) is 5.37. The van der Waals surface area contributed by atoms with Gasteiger partial charge in [-0.25, -0.2) is 4.39 Å². The number of ether oxygens (including phenoxy) is 1. The highest BCUT2D eigenvalue weighted by Gasteiger charge is 2.35. The Labute approximate surface area is 120 Å². The van der Waals surface area contributed by atoms with Crippen LogP contribution in [0.3, 0.4) is 0 Å². The van der Waals surface area contributed by atoms with Gasteiger partial charge in [-0.15, -0.1) is 0 Å². The summed E-state index contributed by atoms with van der Waals surface area (Å²) in [6.45, 7) is 0. The topological polar surface area (TPSA) is 35.2 Å². The molecule has 0 aliphatic carbocycles. The SMILES string of the molecule is Nc1ccc(Oc2cc(F)ccc2Br)c(C(F)(F)F)c1. The largest absolute Gasteiger partial charge is 0.455 e. The highest BCUT2D eigenvalue weighted by atomic mass is 79.9. The van der Waals surface area contributed by atoms with Crippen LogP contribution in [-0.2, 0) is 6.18 Å². The summed E-state index contributed by atoms with van der Waals surface area (Å²) in [5.74, 6) is -1.12. The molecule has 0 saturated carbocycles. The minimum Gasteiger partial charge on any atom is -0.455 e. The Bertz CT molecular complexity index is 643. The van der Waals surface area contributed by atoms with Gasteiger partial charge in [0.25, 0.3) is 0 Å². The van der Waals surface area contributed by atoms with Gasteiger partial charge in [0.1, 0.15) is 22.9 Å². The monoisotopic (exact) mass is 349 g/mol. The highest BCUT2D eigenvalue weighted by molar-refractivity contribution is 9.10. The molecule has 0 amide bonds. The molecule has 0 aliphatic rings. The summed E-state index contributed by atoms with van der Waals surface area (Å²) < 4.78 is 57.3. The molecule has 0 spiro atoms. The smallest absolute Gasteiger partial charge is 0.420 e. The van der Waals surface area contributed by atoms with E-state index in [2.05, 4.69) is 15.9 Å². The number of rotatable bonds is 2. The standard InChI is InChI=1S/C13H8BrF4NO/c14-10-3-1-7(15)5-12(10)20-11-4-2-8(19)6-9(11)13(16,17)18/h1-6H,19H2. The van der Waals surface area contributed by atoms with Crippen LogP contribution in [0.25, 0.3) is 0 Å². The van der Waals surface area contributed by atoms with Crippen molar-refractivity contribution in [2.24, 2.45) is 0 Å². The fourth-order valence-corrected chi connectivity index (χ4v) is 1.86. The van der Waals surface area contributed by atoms with Crippen molar-refractivity contribution < 1.29 is 22.3 Å². The van der Waals surface area contributed by atoms with Crippen LogP contribution >= 0.6 is 15.9 Å². The average molecular weight is 350 g/mol. The van der Waals surface area contributed by atoms with Gasteiger partial charge >= 0.3 is 6.18 Å². The predicted molar refractivity (Wildman–Crippen MR) is 70.0 cm³/mol. The van der Waals surface area contributed by atoms with Gasteiger partial charge in [-0.2, -0.15) is 13.2 Å². The van der Waals surface area contributed by atoms with Gasteiger partial charge in [-0.1, -0.05) is 0 Å². The van der Waals surface area contributed by atoms with E-state index in [0.717, 1.165) is 24.3 Å². The van der Waals surface area contributed by atoms with E-state index in [-0.39, 0.29) is 11.4 Å². The maximum Gasteiger partial charge on any atom is 0.420 e. The lowest BCUT2D eigenvalue weighted by Gasteiger charge is -2.15. The predicted octanol–water partition coefficient (Wildman–Crippen LogP) is 4.98. The molecule has 20 heavy (non-hydrogen) atoms. The van der Waals surface area contributed by atoms with E-state index in [1.54, 1.807) is 0 Å². The van der Waals surface area contributed by atoms with Crippen molar-refractivity contribution in [1.29, 1.82) is 0 Å². The van der Waals surface area contributed by atoms with Crippen molar-refractivity contribution in [3.05, 3.63) is 52.3 Å². The molecule has 0 aliphatic heterocycles. The third-order valence-electron chi connectivity index (χ3n) is 2.42. The molecule has 0 unspecified atom stereocenters. The van der Waals surface area contributed by atoms with Crippen LogP contribution < -0.4 is 10.5 Å². The second-order valence-electron chi connectivity index (χ2n) is 3.93. The van der Waals surface area contributed by atoms with E-state index in [0.29, 0.717) is 4.47 Å². The Morgan fingerprint density at radius 2 is 1.70 bits per heavy atom. The molecule has 106 valence electrons. The second-order valence-corrected chi connectivity index (χ2v) is 4.78. The minimum absolute atomic E-state index is 0.0389. The van der Waals surface area contributed by atoms with E-state index in [9.17, 15) is 17.6 Å². The van der Waals surface area contributed by atoms with Crippen molar-refractivity contribution in [3.63, 3.8) is 0 Å². The Morgan fingerprint density at radius 1 is 1.00 bits per heavy atom. The molecule has 0 radical (unpaired) electrons. The van der Waals surface area contributed by atoms with E-state index < -0.39 is 23.3 Å². The lowest BCUT2D eigenvalue weighted by Crippen LogP contribution is -2.08. The molecule has 0 bridgehead atoms. The zero-order valence-corrected chi connectivity index (χ0v) is 11.4. The number of halogens is 5. The van der Waals surface area contributed by atoms with E-state index >= 15 is 0 Å². The normalized spacial score (nSPS) is 11.4. The molecule has 7 heteroatoms. The number of hydrogen-bond acceptors (Lipinski definition) is 2. The summed E-state index contributed by atoms with van der Waals surface area (Å²) in [5.41, 5.74) is 4.29. The molecular formula is C13H8BrF4NO. The Kier molecular flexibility index (Phi) is 3.89. The average Bonchev–Trinajstić information content (AvgIpc) is 2.34. The summed E-state index contributed by atoms with van der Waals surface area (Å²) >= 11 is 3.08. The molecule has 2 nitrogen and oxygen atoms in total. The molecular weight excluding hydrogens is 342 g/mol. The Morgan fingerprint density at radius 3 is 2.35 bits per heavy atom. The summed E-state index contributed by atoms with van der Waals surface area (Å²) in [7, 11) is 0. The maximum atomic E-state index is 13.1. The van der Waals surface area contributed by atoms with Gasteiger partial charge < -0.3 is 10.5 Å². The fraction of sp³-hybridized carbons (Fsp3) is 0.0769. The molecule has 2 aromatic rings. The second kappa shape index (κ2) is 5.32. The number of benzene rings is 2. The van der Waals surface area contributed by atoms with Gasteiger partial charge in [-0.05, 0) is 46.3 Å². The van der Waals surface area contributed by atoms with Crippen molar-refractivity contribution in [2.75, 3.05) is 5.73 Å². The van der Waals surface area contributed by atoms with Crippen LogP contribution in [0.4, 0.5) is 23.2 Å². The molecule has 2 aromatic carbocycles. The van der Waals surface area contributed by atoms with E-state index in [1.165, 1.54) is 12.1 Å². The Hall–Kier alpha value is -1.76. The first kappa shape index (κ1) is 14.6. The van der Waals surface area contributed by atoms with Crippen LogP contribution in [0.1, 0.15) is 5.56 Å². The summed E-state index contributed by atoms with van der Waals surface area (Å²) in [6, 6.07) is 6.62. The van der Waals surface area contributed by atoms with Crippen LogP contribution in [-0.4, -0.2) is 0 Å². The molecule has 0 aromatic heterocycles. The fourth-order valence-electron chi connectivity index (χ4n) is 1.53. The number of alkyl halides is 3. The maximum absolute atomic E-state index is 13.1. The highest BCUT2D eigenvalue weighted by Crippen LogP contribution is 2.40. The number of nitrogen functional groups attached to an aromatic ring is 1. The van der Waals surface area contributed by atoms with Crippen LogP contribution in [0.2, 0.25) is 0 Å². The molecule has 0 fully saturated rings. The first-order chi connectivity index (χ1) is 9.27. The molecule has 0 atom stereocenters. The zero-order chi connectivity index (χ0) is 14.9. The van der Waals surface area contributed by atoms with Crippen LogP contribution in [0.15, 0.2) is 40.9 Å². The first-order valence-corrected chi connectivity index (χ1v) is 6.16. The number of anilines is 1. The van der Waals surface area contributed by atoms with Crippen molar-refractivity contribution >= 4 is 21.6 Å². The van der Waals surface area contributed by atoms with Gasteiger partial charge in [0, 0.05) is 11.8 Å². The third kappa shape index (κ3) is 3.22. The van der Waals surface area contributed by atoms with Crippen LogP contribution in [0, 0.1) is 5.82 Å². The lowest BCUT2D eigenvalue weighted by molar-refractivity contribution is -0.138. The summed E-state index contributed by atoms with van der Waals surface area (Å²) in [6.07, 6.45) is -4.62. The lowest BCUT2D eigenvalue weighted by atomic mass is 10.1. The quantitative estimate of drug-likeness (QED) is 0.612. The van der Waals surface area contributed by atoms with Gasteiger partial charge in [0.15, 0.2) is 0 Å². The van der Waals surface area contributed by atoms with E-state index in [4.69, 9.17) is 10.5 Å². The van der Waals surface area contributed by atoms with Gasteiger partial charge in [0.2, 0.25) is 0 Å². The van der Waals surface area contributed by atoms with Crippen molar-refractivity contribution in [1.82, 2.24) is 0 Å². The van der Waals surface area contributed by atoms with Crippen LogP contribution in [0.5, 0.6) is 11.5 Å². The molecule has 0 saturated heterocycles. The third-order valence-corrected chi connectivity index (χ3v) is 3.08. The van der Waals surface area contributed by atoms with Gasteiger partial charge in [-0.3, -0.25) is 0 Å². The molecule has 0 heterocycles. The molecule has 2 rings (SSSR count). The molecule has 2 N–H and O–H groups in total. The number of nitrogens with two attached hydrogens (primary N) is 1. The zero-order valence-electron chi connectivity index (χ0n) is 9.84. The van der Waals surface area contributed by atoms with Crippen molar-refractivity contribution in [2.45, 2.75) is 6.18 Å². The van der Waals surface area contributed by atoms with Crippen molar-refractivity contribution in [3.8, 4) is 11.5 Å². The summed E-state index contributed by atoms with van der Waals surface area (Å²) in [4.78, 5) is 0. The Balaban J connectivity index is 2.46. The van der Waals surface area contributed by atoms with Gasteiger partial charge in [0.05, 0.1) is 4.47 Å². The number of hydrogen-bond donors (Lipinski definition) is 1. The van der Waals surface area contributed by atoms with E-state index in [1.807, 2.05) is 0 Å². The summed E-state index contributed by atoms with van der Waals surface area (Å²) in [5, 5.41) is 0.